The van der Waals surface area contributed by atoms with Gasteiger partial charge in [-0.2, -0.15) is 0 Å². The number of ether oxygens (including phenoxy) is 3. The SMILES string of the molecule is CCOC(=O)c1cc(C(=O)OCC)c2ccc(OC)cc2n1. The van der Waals surface area contributed by atoms with Gasteiger partial charge in [-0.05, 0) is 32.0 Å². The first-order valence-electron chi connectivity index (χ1n) is 6.93. The van der Waals surface area contributed by atoms with Crippen molar-refractivity contribution in [3.8, 4) is 5.75 Å². The van der Waals surface area contributed by atoms with Crippen molar-refractivity contribution in [3.63, 3.8) is 0 Å². The quantitative estimate of drug-likeness (QED) is 0.790. The number of fused-ring (bicyclic) bond motifs is 1. The molecule has 6 heteroatoms. The van der Waals surface area contributed by atoms with Crippen LogP contribution in [-0.2, 0) is 9.47 Å². The number of hydrogen-bond acceptors (Lipinski definition) is 6. The number of benzene rings is 1. The van der Waals surface area contributed by atoms with Crippen LogP contribution < -0.4 is 4.74 Å². The van der Waals surface area contributed by atoms with Gasteiger partial charge in [-0.1, -0.05) is 0 Å². The van der Waals surface area contributed by atoms with Crippen LogP contribution in [0.3, 0.4) is 0 Å². The number of esters is 2. The molecule has 0 bridgehead atoms. The van der Waals surface area contributed by atoms with E-state index in [1.54, 1.807) is 32.0 Å². The highest BCUT2D eigenvalue weighted by atomic mass is 16.5. The third kappa shape index (κ3) is 3.16. The summed E-state index contributed by atoms with van der Waals surface area (Å²) in [6, 6.07) is 6.48. The summed E-state index contributed by atoms with van der Waals surface area (Å²) in [5, 5.41) is 0.590. The lowest BCUT2D eigenvalue weighted by Crippen LogP contribution is -2.12. The van der Waals surface area contributed by atoms with E-state index in [9.17, 15) is 9.59 Å². The smallest absolute Gasteiger partial charge is 0.356 e. The maximum atomic E-state index is 12.1. The van der Waals surface area contributed by atoms with Crippen molar-refractivity contribution in [1.29, 1.82) is 0 Å². The molecule has 1 heterocycles. The summed E-state index contributed by atoms with van der Waals surface area (Å²) in [6.07, 6.45) is 0. The van der Waals surface area contributed by atoms with Crippen molar-refractivity contribution >= 4 is 22.8 Å². The van der Waals surface area contributed by atoms with Crippen molar-refractivity contribution in [3.05, 3.63) is 35.5 Å². The molecular weight excluding hydrogens is 286 g/mol. The van der Waals surface area contributed by atoms with Crippen LogP contribution in [0.25, 0.3) is 10.9 Å². The summed E-state index contributed by atoms with van der Waals surface area (Å²) in [7, 11) is 1.53. The lowest BCUT2D eigenvalue weighted by Gasteiger charge is -2.09. The number of carbonyl (C=O) groups excluding carboxylic acids is 2. The fourth-order valence-corrected chi connectivity index (χ4v) is 2.02. The number of pyridine rings is 1. The van der Waals surface area contributed by atoms with Crippen LogP contribution in [0.2, 0.25) is 0 Å². The number of carbonyl (C=O) groups is 2. The molecule has 2 rings (SSSR count). The zero-order valence-electron chi connectivity index (χ0n) is 12.7. The minimum Gasteiger partial charge on any atom is -0.497 e. The van der Waals surface area contributed by atoms with E-state index in [1.807, 2.05) is 0 Å². The second kappa shape index (κ2) is 6.89. The second-order valence-electron chi connectivity index (χ2n) is 4.38. The molecule has 1 aromatic carbocycles. The third-order valence-electron chi connectivity index (χ3n) is 3.00. The molecule has 0 N–H and O–H groups in total. The molecule has 0 aliphatic rings. The molecule has 0 fully saturated rings. The van der Waals surface area contributed by atoms with Crippen molar-refractivity contribution in [2.45, 2.75) is 13.8 Å². The molecule has 0 aliphatic carbocycles. The van der Waals surface area contributed by atoms with Gasteiger partial charge in [-0.15, -0.1) is 0 Å². The molecule has 0 spiro atoms. The molecule has 0 aliphatic heterocycles. The normalized spacial score (nSPS) is 10.3. The number of rotatable bonds is 5. The fourth-order valence-electron chi connectivity index (χ4n) is 2.02. The van der Waals surface area contributed by atoms with Crippen molar-refractivity contribution in [2.24, 2.45) is 0 Å². The molecule has 0 saturated carbocycles. The molecule has 6 nitrogen and oxygen atoms in total. The first-order valence-corrected chi connectivity index (χ1v) is 6.93. The van der Waals surface area contributed by atoms with Gasteiger partial charge in [0.15, 0.2) is 0 Å². The number of aromatic nitrogens is 1. The molecule has 2 aromatic rings. The summed E-state index contributed by atoms with van der Waals surface area (Å²) < 4.78 is 15.1. The maximum Gasteiger partial charge on any atom is 0.356 e. The van der Waals surface area contributed by atoms with Gasteiger partial charge in [0.1, 0.15) is 11.4 Å². The van der Waals surface area contributed by atoms with Crippen molar-refractivity contribution in [1.82, 2.24) is 4.98 Å². The molecule has 1 aromatic heterocycles. The predicted octanol–water partition coefficient (Wildman–Crippen LogP) is 2.60. The average Bonchev–Trinajstić information content (AvgIpc) is 2.53. The average molecular weight is 303 g/mol. The second-order valence-corrected chi connectivity index (χ2v) is 4.38. The van der Waals surface area contributed by atoms with Crippen LogP contribution in [0.15, 0.2) is 24.3 Å². The Morgan fingerprint density at radius 3 is 2.36 bits per heavy atom. The van der Waals surface area contributed by atoms with Gasteiger partial charge in [0, 0.05) is 11.5 Å². The maximum absolute atomic E-state index is 12.1. The number of methoxy groups -OCH3 is 1. The van der Waals surface area contributed by atoms with Gasteiger partial charge in [0.2, 0.25) is 0 Å². The van der Waals surface area contributed by atoms with Crippen LogP contribution in [0.1, 0.15) is 34.7 Å². The van der Waals surface area contributed by atoms with Gasteiger partial charge in [-0.3, -0.25) is 0 Å². The standard InChI is InChI=1S/C16H17NO5/c1-4-21-15(18)12-9-14(16(19)22-5-2)17-13-8-10(20-3)6-7-11(12)13/h6-9H,4-5H2,1-3H3. The lowest BCUT2D eigenvalue weighted by molar-refractivity contribution is 0.0519. The summed E-state index contributed by atoms with van der Waals surface area (Å²) in [4.78, 5) is 28.3. The topological polar surface area (TPSA) is 74.7 Å². The Morgan fingerprint density at radius 2 is 1.73 bits per heavy atom. The van der Waals surface area contributed by atoms with Gasteiger partial charge >= 0.3 is 11.9 Å². The Hall–Kier alpha value is -2.63. The van der Waals surface area contributed by atoms with E-state index in [-0.39, 0.29) is 24.5 Å². The van der Waals surface area contributed by atoms with Gasteiger partial charge < -0.3 is 14.2 Å². The monoisotopic (exact) mass is 303 g/mol. The molecule has 0 atom stereocenters. The van der Waals surface area contributed by atoms with E-state index >= 15 is 0 Å². The number of nitrogens with zero attached hydrogens (tertiary/aromatic N) is 1. The van der Waals surface area contributed by atoms with E-state index in [2.05, 4.69) is 4.98 Å². The Labute approximate surface area is 128 Å². The van der Waals surface area contributed by atoms with E-state index in [1.165, 1.54) is 13.2 Å². The Kier molecular flexibility index (Phi) is 4.93. The summed E-state index contributed by atoms with van der Waals surface area (Å²) >= 11 is 0. The third-order valence-corrected chi connectivity index (χ3v) is 3.00. The molecule has 0 radical (unpaired) electrons. The molecule has 116 valence electrons. The van der Waals surface area contributed by atoms with E-state index in [0.29, 0.717) is 16.7 Å². The van der Waals surface area contributed by atoms with Crippen LogP contribution in [0, 0.1) is 0 Å². The van der Waals surface area contributed by atoms with Crippen molar-refractivity contribution < 1.29 is 23.8 Å². The number of hydrogen-bond donors (Lipinski definition) is 0. The van der Waals surface area contributed by atoms with E-state index in [0.717, 1.165) is 0 Å². The largest absolute Gasteiger partial charge is 0.497 e. The highest BCUT2D eigenvalue weighted by Gasteiger charge is 2.18. The molecule has 22 heavy (non-hydrogen) atoms. The molecular formula is C16H17NO5. The lowest BCUT2D eigenvalue weighted by atomic mass is 10.1. The van der Waals surface area contributed by atoms with Gasteiger partial charge in [0.25, 0.3) is 0 Å². The summed E-state index contributed by atoms with van der Waals surface area (Å²) in [6.45, 7) is 3.89. The Balaban J connectivity index is 2.63. The highest BCUT2D eigenvalue weighted by molar-refractivity contribution is 6.06. The molecule has 0 unspecified atom stereocenters. The zero-order chi connectivity index (χ0) is 16.1. The van der Waals surface area contributed by atoms with Crippen LogP contribution in [0.5, 0.6) is 5.75 Å². The Bertz CT molecular complexity index is 711. The van der Waals surface area contributed by atoms with Crippen LogP contribution >= 0.6 is 0 Å². The first kappa shape index (κ1) is 15.8. The predicted molar refractivity (Wildman–Crippen MR) is 80.2 cm³/mol. The van der Waals surface area contributed by atoms with E-state index in [4.69, 9.17) is 14.2 Å². The molecule has 0 saturated heterocycles. The Morgan fingerprint density at radius 1 is 1.05 bits per heavy atom. The van der Waals surface area contributed by atoms with Gasteiger partial charge in [0.05, 0.1) is 31.4 Å². The summed E-state index contributed by atoms with van der Waals surface area (Å²) in [5.41, 5.74) is 0.802. The minimum atomic E-state index is -0.585. The van der Waals surface area contributed by atoms with Crippen LogP contribution in [0.4, 0.5) is 0 Å². The summed E-state index contributed by atoms with van der Waals surface area (Å²) in [5.74, 6) is -0.515. The zero-order valence-corrected chi connectivity index (χ0v) is 12.7. The minimum absolute atomic E-state index is 0.0608. The van der Waals surface area contributed by atoms with Crippen molar-refractivity contribution in [2.75, 3.05) is 20.3 Å². The molecule has 0 amide bonds. The first-order chi connectivity index (χ1) is 10.6. The fraction of sp³-hybridized carbons (Fsp3) is 0.312. The van der Waals surface area contributed by atoms with Gasteiger partial charge in [-0.25, -0.2) is 14.6 Å². The highest BCUT2D eigenvalue weighted by Crippen LogP contribution is 2.24. The van der Waals surface area contributed by atoms with Crippen LogP contribution in [-0.4, -0.2) is 37.2 Å². The van der Waals surface area contributed by atoms with E-state index < -0.39 is 11.9 Å².